The van der Waals surface area contributed by atoms with Gasteiger partial charge in [-0.3, -0.25) is 4.79 Å². The molecule has 1 unspecified atom stereocenters. The predicted molar refractivity (Wildman–Crippen MR) is 87.5 cm³/mol. The smallest absolute Gasteiger partial charge is 0.336 e. The zero-order valence-corrected chi connectivity index (χ0v) is 13.8. The number of unbranched alkanes of at least 4 members (excludes halogenated alkanes) is 1. The molecule has 0 aliphatic heterocycles. The molecule has 5 heteroatoms. The highest BCUT2D eigenvalue weighted by Crippen LogP contribution is 2.23. The zero-order chi connectivity index (χ0) is 16.8. The van der Waals surface area contributed by atoms with Crippen molar-refractivity contribution in [1.29, 1.82) is 0 Å². The lowest BCUT2D eigenvalue weighted by atomic mass is 10.1. The highest BCUT2D eigenvalue weighted by Gasteiger charge is 2.15. The highest BCUT2D eigenvalue weighted by atomic mass is 16.5. The molecule has 124 valence electrons. The van der Waals surface area contributed by atoms with Crippen LogP contribution in [0, 0.1) is 5.92 Å². The normalized spacial score (nSPS) is 12.1. The molecular formula is C18H22O5. The Morgan fingerprint density at radius 3 is 2.78 bits per heavy atom. The Morgan fingerprint density at radius 1 is 1.30 bits per heavy atom. The number of esters is 1. The van der Waals surface area contributed by atoms with Crippen LogP contribution < -0.4 is 10.4 Å². The molecule has 5 nitrogen and oxygen atoms in total. The van der Waals surface area contributed by atoms with Gasteiger partial charge in [0.25, 0.3) is 0 Å². The van der Waals surface area contributed by atoms with E-state index in [2.05, 4.69) is 6.92 Å². The average Bonchev–Trinajstić information content (AvgIpc) is 2.56. The molecule has 0 fully saturated rings. The van der Waals surface area contributed by atoms with E-state index in [1.807, 2.05) is 6.92 Å². The minimum atomic E-state index is -0.476. The van der Waals surface area contributed by atoms with Gasteiger partial charge < -0.3 is 13.9 Å². The van der Waals surface area contributed by atoms with E-state index in [4.69, 9.17) is 13.9 Å². The van der Waals surface area contributed by atoms with Crippen LogP contribution in [0.3, 0.4) is 0 Å². The van der Waals surface area contributed by atoms with Crippen LogP contribution in [0.25, 0.3) is 11.0 Å². The van der Waals surface area contributed by atoms with Crippen LogP contribution in [0.2, 0.25) is 0 Å². The molecular weight excluding hydrogens is 296 g/mol. The quantitative estimate of drug-likeness (QED) is 0.575. The second kappa shape index (κ2) is 7.81. The molecule has 1 atom stereocenters. The average molecular weight is 318 g/mol. The molecule has 0 N–H and O–H groups in total. The number of methoxy groups -OCH3 is 1. The van der Waals surface area contributed by atoms with Crippen molar-refractivity contribution >= 4 is 16.9 Å². The van der Waals surface area contributed by atoms with Gasteiger partial charge in [-0.15, -0.1) is 0 Å². The number of hydrogen-bond acceptors (Lipinski definition) is 5. The van der Waals surface area contributed by atoms with E-state index >= 15 is 0 Å². The second-order valence-corrected chi connectivity index (χ2v) is 5.60. The Kier molecular flexibility index (Phi) is 5.79. The first-order chi connectivity index (χ1) is 11.0. The minimum absolute atomic E-state index is 0.0593. The van der Waals surface area contributed by atoms with Gasteiger partial charge in [-0.05, 0) is 18.6 Å². The summed E-state index contributed by atoms with van der Waals surface area (Å²) in [6, 6.07) is 6.57. The van der Waals surface area contributed by atoms with Crippen molar-refractivity contribution in [2.75, 3.05) is 7.11 Å². The van der Waals surface area contributed by atoms with Gasteiger partial charge in [-0.1, -0.05) is 26.7 Å². The van der Waals surface area contributed by atoms with E-state index in [0.29, 0.717) is 16.9 Å². The van der Waals surface area contributed by atoms with Gasteiger partial charge in [-0.25, -0.2) is 4.79 Å². The number of rotatable bonds is 7. The van der Waals surface area contributed by atoms with Crippen LogP contribution in [-0.2, 0) is 16.1 Å². The molecule has 0 spiro atoms. The Balaban J connectivity index is 2.16. The summed E-state index contributed by atoms with van der Waals surface area (Å²) < 4.78 is 15.7. The summed E-state index contributed by atoms with van der Waals surface area (Å²) in [4.78, 5) is 23.7. The molecule has 0 aliphatic rings. The van der Waals surface area contributed by atoms with Crippen molar-refractivity contribution in [1.82, 2.24) is 0 Å². The van der Waals surface area contributed by atoms with E-state index < -0.39 is 5.63 Å². The maximum Gasteiger partial charge on any atom is 0.336 e. The van der Waals surface area contributed by atoms with E-state index in [9.17, 15) is 9.59 Å². The fourth-order valence-electron chi connectivity index (χ4n) is 2.38. The van der Waals surface area contributed by atoms with Crippen molar-refractivity contribution in [2.24, 2.45) is 5.92 Å². The van der Waals surface area contributed by atoms with Crippen LogP contribution in [0.4, 0.5) is 0 Å². The number of ether oxygens (including phenoxy) is 2. The van der Waals surface area contributed by atoms with Gasteiger partial charge in [0.1, 0.15) is 17.9 Å². The number of carbonyl (C=O) groups is 1. The summed E-state index contributed by atoms with van der Waals surface area (Å²) in [7, 11) is 1.54. The van der Waals surface area contributed by atoms with Crippen LogP contribution in [0.5, 0.6) is 5.75 Å². The Morgan fingerprint density at radius 2 is 2.09 bits per heavy atom. The van der Waals surface area contributed by atoms with Crippen LogP contribution >= 0.6 is 0 Å². The van der Waals surface area contributed by atoms with Crippen molar-refractivity contribution in [3.8, 4) is 5.75 Å². The van der Waals surface area contributed by atoms with Crippen LogP contribution in [0.1, 0.15) is 38.7 Å². The van der Waals surface area contributed by atoms with Gasteiger partial charge in [0.15, 0.2) is 0 Å². The Hall–Kier alpha value is -2.30. The maximum absolute atomic E-state index is 12.0. The highest BCUT2D eigenvalue weighted by molar-refractivity contribution is 5.81. The first-order valence-corrected chi connectivity index (χ1v) is 7.82. The first-order valence-electron chi connectivity index (χ1n) is 7.82. The summed E-state index contributed by atoms with van der Waals surface area (Å²) in [5.74, 6) is 0.220. The lowest BCUT2D eigenvalue weighted by Crippen LogP contribution is -2.15. The number of carbonyl (C=O) groups excluding carboxylic acids is 1. The molecule has 0 radical (unpaired) electrons. The standard InChI is InChI=1S/C18H22O5/c1-4-5-6-12(2)18(20)22-11-13-9-17(19)23-16-10-14(21-3)7-8-15(13)16/h7-10,12H,4-6,11H2,1-3H3. The lowest BCUT2D eigenvalue weighted by molar-refractivity contribution is -0.149. The molecule has 2 rings (SSSR count). The SMILES string of the molecule is CCCCC(C)C(=O)OCc1cc(=O)oc2cc(OC)ccc12. The summed E-state index contributed by atoms with van der Waals surface area (Å²) in [6.07, 6.45) is 2.85. The predicted octanol–water partition coefficient (Wildman–Crippen LogP) is 3.67. The largest absolute Gasteiger partial charge is 0.497 e. The number of hydrogen-bond donors (Lipinski definition) is 0. The van der Waals surface area contributed by atoms with Gasteiger partial charge in [0, 0.05) is 23.1 Å². The van der Waals surface area contributed by atoms with E-state index in [1.54, 1.807) is 25.3 Å². The topological polar surface area (TPSA) is 65.7 Å². The molecule has 0 saturated carbocycles. The Bertz CT molecular complexity index is 732. The van der Waals surface area contributed by atoms with Crippen molar-refractivity contribution in [3.63, 3.8) is 0 Å². The van der Waals surface area contributed by atoms with Crippen LogP contribution in [0.15, 0.2) is 33.5 Å². The minimum Gasteiger partial charge on any atom is -0.497 e. The maximum atomic E-state index is 12.0. The third-order valence-corrected chi connectivity index (χ3v) is 3.80. The molecule has 1 aromatic carbocycles. The fourth-order valence-corrected chi connectivity index (χ4v) is 2.38. The molecule has 23 heavy (non-hydrogen) atoms. The Labute approximate surface area is 135 Å². The molecule has 2 aromatic rings. The first kappa shape index (κ1) is 17.1. The molecule has 0 aliphatic carbocycles. The lowest BCUT2D eigenvalue weighted by Gasteiger charge is -2.12. The summed E-state index contributed by atoms with van der Waals surface area (Å²) in [5.41, 5.74) is 0.577. The number of benzene rings is 1. The molecule has 1 heterocycles. The molecule has 1 aromatic heterocycles. The van der Waals surface area contributed by atoms with E-state index in [0.717, 1.165) is 24.6 Å². The molecule has 0 saturated heterocycles. The van der Waals surface area contributed by atoms with Crippen molar-refractivity contribution < 1.29 is 18.7 Å². The summed E-state index contributed by atoms with van der Waals surface area (Å²) in [5, 5.41) is 0.736. The second-order valence-electron chi connectivity index (χ2n) is 5.60. The monoisotopic (exact) mass is 318 g/mol. The van der Waals surface area contributed by atoms with Crippen molar-refractivity contribution in [2.45, 2.75) is 39.7 Å². The van der Waals surface area contributed by atoms with E-state index in [1.165, 1.54) is 6.07 Å². The van der Waals surface area contributed by atoms with Gasteiger partial charge in [0.2, 0.25) is 0 Å². The van der Waals surface area contributed by atoms with Gasteiger partial charge in [-0.2, -0.15) is 0 Å². The molecule has 0 amide bonds. The van der Waals surface area contributed by atoms with Gasteiger partial charge >= 0.3 is 11.6 Å². The zero-order valence-electron chi connectivity index (χ0n) is 13.8. The fraction of sp³-hybridized carbons (Fsp3) is 0.444. The summed E-state index contributed by atoms with van der Waals surface area (Å²) in [6.45, 7) is 4.01. The van der Waals surface area contributed by atoms with Crippen LogP contribution in [-0.4, -0.2) is 13.1 Å². The summed E-state index contributed by atoms with van der Waals surface area (Å²) >= 11 is 0. The molecule has 0 bridgehead atoms. The third kappa shape index (κ3) is 4.34. The van der Waals surface area contributed by atoms with Crippen molar-refractivity contribution in [3.05, 3.63) is 40.2 Å². The van der Waals surface area contributed by atoms with E-state index in [-0.39, 0.29) is 18.5 Å². The third-order valence-electron chi connectivity index (χ3n) is 3.80. The van der Waals surface area contributed by atoms with Gasteiger partial charge in [0.05, 0.1) is 13.0 Å². The number of fused-ring (bicyclic) bond motifs is 1.